The van der Waals surface area contributed by atoms with Crippen molar-refractivity contribution in [1.82, 2.24) is 14.8 Å². The standard InChI is InChI=1S/C9H9Cl2N3O3S2/c1-17-4-3-14-8(7-6(10)2-5-18-7)12-13-9(14)19(11,15)16/h2,5H,3-4H2,1H3. The molecule has 2 heterocycles. The van der Waals surface area contributed by atoms with Crippen LogP contribution in [-0.4, -0.2) is 36.9 Å². The number of rotatable bonds is 5. The van der Waals surface area contributed by atoms with Crippen molar-refractivity contribution >= 4 is 42.7 Å². The molecule has 0 N–H and O–H groups in total. The van der Waals surface area contributed by atoms with Gasteiger partial charge in [0.2, 0.25) is 0 Å². The van der Waals surface area contributed by atoms with Crippen molar-refractivity contribution in [3.8, 4) is 10.7 Å². The highest BCUT2D eigenvalue weighted by Crippen LogP contribution is 2.33. The van der Waals surface area contributed by atoms with Crippen molar-refractivity contribution in [2.45, 2.75) is 11.7 Å². The number of aromatic nitrogens is 3. The molecular formula is C9H9Cl2N3O3S2. The molecule has 0 bridgehead atoms. The van der Waals surface area contributed by atoms with Gasteiger partial charge in [-0.15, -0.1) is 21.5 Å². The van der Waals surface area contributed by atoms with Gasteiger partial charge in [0.15, 0.2) is 5.82 Å². The van der Waals surface area contributed by atoms with E-state index in [0.717, 1.165) is 0 Å². The number of halogens is 2. The molecule has 0 aliphatic rings. The second-order valence-corrected chi connectivity index (χ2v) is 7.27. The molecule has 0 radical (unpaired) electrons. The van der Waals surface area contributed by atoms with Crippen molar-refractivity contribution in [1.29, 1.82) is 0 Å². The van der Waals surface area contributed by atoms with Crippen molar-refractivity contribution in [2.24, 2.45) is 0 Å². The zero-order chi connectivity index (χ0) is 14.0. The topological polar surface area (TPSA) is 74.1 Å². The molecule has 0 aliphatic carbocycles. The van der Waals surface area contributed by atoms with E-state index in [1.165, 1.54) is 23.0 Å². The minimum Gasteiger partial charge on any atom is -0.383 e. The Morgan fingerprint density at radius 3 is 2.74 bits per heavy atom. The average Bonchev–Trinajstić information content (AvgIpc) is 2.90. The fraction of sp³-hybridized carbons (Fsp3) is 0.333. The first kappa shape index (κ1) is 14.7. The summed E-state index contributed by atoms with van der Waals surface area (Å²) in [6.45, 7) is 0.557. The summed E-state index contributed by atoms with van der Waals surface area (Å²) in [7, 11) is 2.87. The lowest BCUT2D eigenvalue weighted by molar-refractivity contribution is 0.185. The van der Waals surface area contributed by atoms with Crippen LogP contribution in [0.25, 0.3) is 10.7 Å². The fourth-order valence-electron chi connectivity index (χ4n) is 1.47. The molecule has 19 heavy (non-hydrogen) atoms. The van der Waals surface area contributed by atoms with E-state index >= 15 is 0 Å². The summed E-state index contributed by atoms with van der Waals surface area (Å²) < 4.78 is 29.2. The molecule has 2 aromatic rings. The van der Waals surface area contributed by atoms with Gasteiger partial charge >= 0.3 is 0 Å². The minimum absolute atomic E-state index is 0.258. The van der Waals surface area contributed by atoms with E-state index in [0.29, 0.717) is 22.3 Å². The van der Waals surface area contributed by atoms with E-state index in [1.807, 2.05) is 0 Å². The number of thiophene rings is 1. The van der Waals surface area contributed by atoms with Gasteiger partial charge in [0.05, 0.1) is 23.1 Å². The number of hydrogen-bond acceptors (Lipinski definition) is 6. The first-order chi connectivity index (χ1) is 8.95. The summed E-state index contributed by atoms with van der Waals surface area (Å²) in [6, 6.07) is 1.70. The Morgan fingerprint density at radius 2 is 2.21 bits per heavy atom. The fourth-order valence-corrected chi connectivity index (χ4v) is 3.53. The molecule has 0 spiro atoms. The van der Waals surface area contributed by atoms with Gasteiger partial charge in [0.25, 0.3) is 14.2 Å². The predicted octanol–water partition coefficient (Wildman–Crippen LogP) is 2.23. The maximum Gasteiger partial charge on any atom is 0.296 e. The number of nitrogens with zero attached hydrogens (tertiary/aromatic N) is 3. The summed E-state index contributed by atoms with van der Waals surface area (Å²) in [5, 5.41) is 9.43. The molecule has 104 valence electrons. The molecule has 0 saturated heterocycles. The molecule has 0 aromatic carbocycles. The maximum atomic E-state index is 11.5. The lowest BCUT2D eigenvalue weighted by Crippen LogP contribution is -2.11. The Balaban J connectivity index is 2.56. The highest BCUT2D eigenvalue weighted by Gasteiger charge is 2.24. The Morgan fingerprint density at radius 1 is 1.47 bits per heavy atom. The van der Waals surface area contributed by atoms with Crippen molar-refractivity contribution in [3.63, 3.8) is 0 Å². The largest absolute Gasteiger partial charge is 0.383 e. The lowest BCUT2D eigenvalue weighted by atomic mass is 10.4. The van der Waals surface area contributed by atoms with Gasteiger partial charge in [-0.05, 0) is 11.4 Å². The second-order valence-electron chi connectivity index (χ2n) is 3.49. The summed E-state index contributed by atoms with van der Waals surface area (Å²) in [4.78, 5) is 0.636. The highest BCUT2D eigenvalue weighted by molar-refractivity contribution is 8.13. The minimum atomic E-state index is -3.98. The molecule has 10 heteroatoms. The first-order valence-electron chi connectivity index (χ1n) is 5.05. The Bertz CT molecular complexity index is 681. The van der Waals surface area contributed by atoms with Crippen LogP contribution in [0.2, 0.25) is 5.02 Å². The third kappa shape index (κ3) is 3.09. The first-order valence-corrected chi connectivity index (χ1v) is 8.62. The summed E-state index contributed by atoms with van der Waals surface area (Å²) >= 11 is 7.36. The van der Waals surface area contributed by atoms with E-state index in [-0.39, 0.29) is 11.7 Å². The Kier molecular flexibility index (Phi) is 4.46. The van der Waals surface area contributed by atoms with Gasteiger partial charge in [0, 0.05) is 17.8 Å². The van der Waals surface area contributed by atoms with Crippen LogP contribution in [0.5, 0.6) is 0 Å². The number of ether oxygens (including phenoxy) is 1. The average molecular weight is 342 g/mol. The van der Waals surface area contributed by atoms with Gasteiger partial charge in [-0.1, -0.05) is 11.6 Å². The van der Waals surface area contributed by atoms with Crippen molar-refractivity contribution in [3.05, 3.63) is 16.5 Å². The molecule has 2 rings (SSSR count). The molecule has 0 amide bonds. The number of hydrogen-bond donors (Lipinski definition) is 0. The Hall–Kier alpha value is -0.670. The zero-order valence-electron chi connectivity index (χ0n) is 9.71. The third-order valence-electron chi connectivity index (χ3n) is 2.27. The molecule has 0 fully saturated rings. The van der Waals surface area contributed by atoms with Gasteiger partial charge < -0.3 is 4.74 Å². The third-order valence-corrected chi connectivity index (χ3v) is 4.76. The molecule has 6 nitrogen and oxygen atoms in total. The van der Waals surface area contributed by atoms with Crippen molar-refractivity contribution in [2.75, 3.05) is 13.7 Å². The van der Waals surface area contributed by atoms with Crippen LogP contribution >= 0.6 is 33.6 Å². The monoisotopic (exact) mass is 341 g/mol. The molecule has 0 unspecified atom stereocenters. The number of methoxy groups -OCH3 is 1. The van der Waals surface area contributed by atoms with E-state index in [2.05, 4.69) is 10.2 Å². The Labute approximate surface area is 123 Å². The van der Waals surface area contributed by atoms with Crippen LogP contribution in [0.1, 0.15) is 0 Å². The van der Waals surface area contributed by atoms with Crippen LogP contribution in [0.4, 0.5) is 0 Å². The smallest absolute Gasteiger partial charge is 0.296 e. The molecule has 0 saturated carbocycles. The maximum absolute atomic E-state index is 11.5. The van der Waals surface area contributed by atoms with Gasteiger partial charge in [-0.2, -0.15) is 0 Å². The highest BCUT2D eigenvalue weighted by atomic mass is 35.7. The lowest BCUT2D eigenvalue weighted by Gasteiger charge is -2.07. The normalized spacial score (nSPS) is 11.9. The molecule has 2 aromatic heterocycles. The van der Waals surface area contributed by atoms with Crippen LogP contribution in [0.3, 0.4) is 0 Å². The van der Waals surface area contributed by atoms with Crippen molar-refractivity contribution < 1.29 is 13.2 Å². The zero-order valence-corrected chi connectivity index (χ0v) is 12.9. The van der Waals surface area contributed by atoms with Crippen LogP contribution in [0, 0.1) is 0 Å². The summed E-state index contributed by atoms with van der Waals surface area (Å²) in [6.07, 6.45) is 0. The predicted molar refractivity (Wildman–Crippen MR) is 73.3 cm³/mol. The van der Waals surface area contributed by atoms with Crippen LogP contribution in [0.15, 0.2) is 16.6 Å². The summed E-state index contributed by atoms with van der Waals surface area (Å²) in [5.41, 5.74) is 0. The van der Waals surface area contributed by atoms with Gasteiger partial charge in [-0.25, -0.2) is 8.42 Å². The van der Waals surface area contributed by atoms with Gasteiger partial charge in [-0.3, -0.25) is 4.57 Å². The molecule has 0 aliphatic heterocycles. The SMILES string of the molecule is COCCn1c(-c2sccc2Cl)nnc1S(=O)(=O)Cl. The van der Waals surface area contributed by atoms with Crippen LogP contribution < -0.4 is 0 Å². The second kappa shape index (κ2) is 5.76. The quantitative estimate of drug-likeness (QED) is 0.779. The van der Waals surface area contributed by atoms with Gasteiger partial charge in [0.1, 0.15) is 0 Å². The van der Waals surface area contributed by atoms with E-state index in [4.69, 9.17) is 27.0 Å². The van der Waals surface area contributed by atoms with E-state index in [1.54, 1.807) is 11.4 Å². The van der Waals surface area contributed by atoms with E-state index < -0.39 is 9.05 Å². The summed E-state index contributed by atoms with van der Waals surface area (Å²) in [5.74, 6) is 0.358. The molecular weight excluding hydrogens is 333 g/mol. The molecule has 0 atom stereocenters. The van der Waals surface area contributed by atoms with Crippen LogP contribution in [-0.2, 0) is 20.3 Å². The van der Waals surface area contributed by atoms with E-state index in [9.17, 15) is 8.42 Å².